The molecular weight excluding hydrogens is 492 g/mol. The summed E-state index contributed by atoms with van der Waals surface area (Å²) in [4.78, 5) is 58.4. The highest BCUT2D eigenvalue weighted by molar-refractivity contribution is 5.77. The molecule has 0 aliphatic carbocycles. The molecule has 3 atom stereocenters. The predicted octanol–water partition coefficient (Wildman–Crippen LogP) is -4.44. The number of carbonyl (C=O) groups excluding carboxylic acids is 1. The Morgan fingerprint density at radius 1 is 0.667 bits per heavy atom. The van der Waals surface area contributed by atoms with Crippen molar-refractivity contribution in [3.05, 3.63) is 0 Å². The highest BCUT2D eigenvalue weighted by Gasteiger charge is 2.12. The van der Waals surface area contributed by atoms with Crippen molar-refractivity contribution in [2.75, 3.05) is 19.7 Å². The lowest BCUT2D eigenvalue weighted by molar-refractivity contribution is -0.140. The minimum Gasteiger partial charge on any atom is -0.480 e. The van der Waals surface area contributed by atoms with E-state index in [0.717, 1.165) is 0 Å². The van der Waals surface area contributed by atoms with E-state index in [1.165, 1.54) is 0 Å². The average molecular weight is 533 g/mol. The van der Waals surface area contributed by atoms with Gasteiger partial charge in [-0.05, 0) is 18.8 Å². The molecule has 0 rings (SSSR count). The van der Waals surface area contributed by atoms with E-state index >= 15 is 0 Å². The van der Waals surface area contributed by atoms with Gasteiger partial charge >= 0.3 is 29.8 Å². The maximum atomic E-state index is 10.1. The van der Waals surface area contributed by atoms with Crippen LogP contribution >= 0.6 is 0 Å². The van der Waals surface area contributed by atoms with Crippen LogP contribution in [0.1, 0.15) is 33.1 Å². The Balaban J connectivity index is -0.000000114. The van der Waals surface area contributed by atoms with E-state index in [1.807, 2.05) is 13.8 Å². The molecule has 0 spiro atoms. The van der Waals surface area contributed by atoms with Crippen molar-refractivity contribution in [1.29, 1.82) is 0 Å². The number of aliphatic hydroxyl groups excluding tert-OH is 1. The molecule has 0 aromatic carbocycles. The Bertz CT molecular complexity index is 634. The number of nitrogens with two attached hydrogens (primary N) is 6. The lowest BCUT2D eigenvalue weighted by Gasteiger charge is -2.07. The average Bonchev–Trinajstić information content (AvgIpc) is 2.77. The molecule has 0 saturated carbocycles. The molecule has 1 amide bonds. The standard InChI is InChI=1S/C6H13NO2.C5H10N2O3.C3H7NO3.2C2H5NO2/c1-4(2)3-5(7)6(8)9;6-3(5(9)10)1-2-4(7)8;4-2(1-5)3(6)7;2*3-1-2(4)5/h4-5H,3,7H2,1-2H3,(H,8,9);3H,1-2,6H2,(H2,7,8)(H,9,10);2,5H,1,4H2,(H,6,7);2*1,3H2,(H,4,5)/t5-;3-;2-;;/m000../s1. The molecule has 0 aliphatic rings. The maximum Gasteiger partial charge on any atom is 0.322 e. The summed E-state index contributed by atoms with van der Waals surface area (Å²) in [5, 5.41) is 47.6. The van der Waals surface area contributed by atoms with Crippen LogP contribution in [0.15, 0.2) is 0 Å². The Kier molecular flexibility index (Phi) is 33.0. The number of rotatable bonds is 11. The third-order valence-corrected chi connectivity index (χ3v) is 2.92. The largest absolute Gasteiger partial charge is 0.480 e. The first-order valence-corrected chi connectivity index (χ1v) is 9.98. The molecule has 18 N–H and O–H groups in total. The van der Waals surface area contributed by atoms with E-state index in [0.29, 0.717) is 12.3 Å². The monoisotopic (exact) mass is 532 g/mol. The van der Waals surface area contributed by atoms with Crippen LogP contribution in [0.2, 0.25) is 0 Å². The summed E-state index contributed by atoms with van der Waals surface area (Å²) in [5.74, 6) is -5.31. The molecule has 0 radical (unpaired) electrons. The fraction of sp³-hybridized carbons (Fsp3) is 0.667. The lowest BCUT2D eigenvalue weighted by Crippen LogP contribution is -2.33. The van der Waals surface area contributed by atoms with Gasteiger partial charge in [0.1, 0.15) is 18.1 Å². The minimum atomic E-state index is -1.18. The van der Waals surface area contributed by atoms with E-state index in [-0.39, 0.29) is 25.9 Å². The molecule has 0 bridgehead atoms. The number of aliphatic carboxylic acids is 5. The van der Waals surface area contributed by atoms with E-state index in [1.54, 1.807) is 0 Å². The number of aliphatic hydroxyl groups is 1. The third kappa shape index (κ3) is 48.1. The Labute approximate surface area is 207 Å². The second-order valence-corrected chi connectivity index (χ2v) is 6.85. The third-order valence-electron chi connectivity index (χ3n) is 2.92. The van der Waals surface area contributed by atoms with Crippen molar-refractivity contribution < 1.29 is 59.4 Å². The molecule has 0 heterocycles. The Morgan fingerprint density at radius 3 is 1.08 bits per heavy atom. The van der Waals surface area contributed by atoms with Crippen molar-refractivity contribution in [3.63, 3.8) is 0 Å². The number of carboxylic acid groups (broad SMARTS) is 5. The van der Waals surface area contributed by atoms with Crippen LogP contribution in [-0.4, -0.2) is 104 Å². The summed E-state index contributed by atoms with van der Waals surface area (Å²) >= 11 is 0. The van der Waals surface area contributed by atoms with Crippen molar-refractivity contribution in [1.82, 2.24) is 0 Å². The van der Waals surface area contributed by atoms with Gasteiger partial charge in [0.05, 0.1) is 19.7 Å². The Morgan fingerprint density at radius 2 is 0.972 bits per heavy atom. The van der Waals surface area contributed by atoms with Gasteiger partial charge in [-0.25, -0.2) is 0 Å². The van der Waals surface area contributed by atoms with Crippen LogP contribution in [0.4, 0.5) is 0 Å². The van der Waals surface area contributed by atoms with E-state index < -0.39 is 60.5 Å². The van der Waals surface area contributed by atoms with Crippen LogP contribution in [-0.2, 0) is 28.8 Å². The normalized spacial score (nSPS) is 11.6. The highest BCUT2D eigenvalue weighted by atomic mass is 16.4. The summed E-state index contributed by atoms with van der Waals surface area (Å²) in [6, 6.07) is -2.79. The quantitative estimate of drug-likeness (QED) is 0.119. The zero-order chi connectivity index (χ0) is 30.0. The van der Waals surface area contributed by atoms with Crippen molar-refractivity contribution in [2.45, 2.75) is 51.2 Å². The first-order valence-electron chi connectivity index (χ1n) is 9.98. The summed E-state index contributed by atoms with van der Waals surface area (Å²) in [7, 11) is 0. The van der Waals surface area contributed by atoms with E-state index in [4.69, 9.17) is 53.6 Å². The number of amides is 1. The second-order valence-electron chi connectivity index (χ2n) is 6.85. The van der Waals surface area contributed by atoms with Gasteiger partial charge in [-0.1, -0.05) is 13.8 Å². The number of hydrogen-bond acceptors (Lipinski definition) is 12. The van der Waals surface area contributed by atoms with Gasteiger partial charge in [0.25, 0.3) is 0 Å². The van der Waals surface area contributed by atoms with E-state index in [2.05, 4.69) is 11.5 Å². The van der Waals surface area contributed by atoms with Gasteiger partial charge in [0.2, 0.25) is 5.91 Å². The van der Waals surface area contributed by atoms with Gasteiger partial charge < -0.3 is 65.0 Å². The summed E-state index contributed by atoms with van der Waals surface area (Å²) in [5.41, 5.74) is 28.9. The molecule has 0 aliphatic heterocycles. The van der Waals surface area contributed by atoms with Gasteiger partial charge in [-0.2, -0.15) is 0 Å². The summed E-state index contributed by atoms with van der Waals surface area (Å²) in [6.07, 6.45) is 0.674. The number of primary amides is 1. The fourth-order valence-electron chi connectivity index (χ4n) is 1.11. The molecule has 214 valence electrons. The van der Waals surface area contributed by atoms with Crippen molar-refractivity contribution in [2.24, 2.45) is 40.3 Å². The fourth-order valence-corrected chi connectivity index (χ4v) is 1.11. The first kappa shape index (κ1) is 42.7. The molecule has 0 aromatic heterocycles. The molecular formula is C18H40N6O12. The minimum absolute atomic E-state index is 0.0213. The molecule has 18 nitrogen and oxygen atoms in total. The Hall–Kier alpha value is -3.42. The first-order chi connectivity index (χ1) is 16.3. The van der Waals surface area contributed by atoms with Gasteiger partial charge in [-0.3, -0.25) is 28.8 Å². The van der Waals surface area contributed by atoms with Crippen molar-refractivity contribution in [3.8, 4) is 0 Å². The van der Waals surface area contributed by atoms with Gasteiger partial charge in [-0.15, -0.1) is 0 Å². The molecule has 0 saturated heterocycles. The number of carbonyl (C=O) groups is 6. The smallest absolute Gasteiger partial charge is 0.322 e. The molecule has 0 unspecified atom stereocenters. The SMILES string of the molecule is CC(C)C[C@H](N)C(=O)O.NC(=O)CC[C@H](N)C(=O)O.NCC(=O)O.NCC(=O)O.N[C@@H](CO)C(=O)O. The molecule has 36 heavy (non-hydrogen) atoms. The topological polar surface area (TPSA) is 380 Å². The lowest BCUT2D eigenvalue weighted by atomic mass is 10.1. The zero-order valence-electron chi connectivity index (χ0n) is 20.1. The van der Waals surface area contributed by atoms with Gasteiger partial charge in [0, 0.05) is 6.42 Å². The number of carboxylic acids is 5. The molecule has 0 aromatic rings. The van der Waals surface area contributed by atoms with Crippen LogP contribution < -0.4 is 34.4 Å². The van der Waals surface area contributed by atoms with Crippen LogP contribution in [0, 0.1) is 5.92 Å². The summed E-state index contributed by atoms with van der Waals surface area (Å²) in [6.45, 7) is 2.83. The predicted molar refractivity (Wildman–Crippen MR) is 125 cm³/mol. The van der Waals surface area contributed by atoms with Crippen LogP contribution in [0.5, 0.6) is 0 Å². The highest BCUT2D eigenvalue weighted by Crippen LogP contribution is 2.01. The van der Waals surface area contributed by atoms with Crippen molar-refractivity contribution >= 4 is 35.8 Å². The molecule has 0 fully saturated rings. The number of hydrogen-bond donors (Lipinski definition) is 12. The van der Waals surface area contributed by atoms with E-state index in [9.17, 15) is 28.8 Å². The van der Waals surface area contributed by atoms with Gasteiger partial charge in [0.15, 0.2) is 0 Å². The zero-order valence-corrected chi connectivity index (χ0v) is 20.1. The molecule has 18 heteroatoms. The van der Waals surface area contributed by atoms with Crippen LogP contribution in [0.3, 0.4) is 0 Å². The maximum absolute atomic E-state index is 10.1. The van der Waals surface area contributed by atoms with Crippen LogP contribution in [0.25, 0.3) is 0 Å². The second kappa shape index (κ2) is 27.8. The summed E-state index contributed by atoms with van der Waals surface area (Å²) < 4.78 is 0.